The van der Waals surface area contributed by atoms with E-state index in [1.54, 1.807) is 0 Å². The molecule has 0 spiro atoms. The van der Waals surface area contributed by atoms with Crippen LogP contribution >= 0.6 is 15.9 Å². The van der Waals surface area contributed by atoms with Crippen LogP contribution in [-0.2, 0) is 11.3 Å². The van der Waals surface area contributed by atoms with Gasteiger partial charge in [-0.05, 0) is 21.5 Å². The van der Waals surface area contributed by atoms with E-state index in [1.165, 1.54) is 28.9 Å². The van der Waals surface area contributed by atoms with Gasteiger partial charge >= 0.3 is 5.69 Å². The molecule has 0 fully saturated rings. The first-order valence-corrected chi connectivity index (χ1v) is 9.43. The number of aromatic amines is 1. The number of methoxy groups -OCH3 is 1. The molecule has 0 atom stereocenters. The zero-order valence-corrected chi connectivity index (χ0v) is 17.1. The van der Waals surface area contributed by atoms with Crippen LogP contribution in [0.1, 0.15) is 15.9 Å². The highest BCUT2D eigenvalue weighted by atomic mass is 79.9. The van der Waals surface area contributed by atoms with Crippen LogP contribution in [-0.4, -0.2) is 35.7 Å². The highest BCUT2D eigenvalue weighted by molar-refractivity contribution is 9.10. The van der Waals surface area contributed by atoms with Crippen LogP contribution in [0.2, 0.25) is 0 Å². The van der Waals surface area contributed by atoms with E-state index in [0.29, 0.717) is 4.67 Å². The van der Waals surface area contributed by atoms with Gasteiger partial charge < -0.3 is 14.9 Å². The molecule has 3 N–H and O–H groups in total. The zero-order chi connectivity index (χ0) is 21.0. The Hall–Kier alpha value is -3.11. The predicted molar refractivity (Wildman–Crippen MR) is 111 cm³/mol. The number of rotatable bonds is 7. The number of nitrogens with zero attached hydrogens (tertiary/aromatic N) is 2. The summed E-state index contributed by atoms with van der Waals surface area (Å²) in [5.41, 5.74) is 5.68. The number of hydrogen-bond donors (Lipinski definition) is 2. The molecule has 2 aromatic heterocycles. The molecule has 0 aliphatic carbocycles. The number of nitrogens with one attached hydrogen (secondary N) is 1. The Labute approximate surface area is 173 Å². The molecule has 0 aliphatic rings. The third-order valence-electron chi connectivity index (χ3n) is 4.25. The summed E-state index contributed by atoms with van der Waals surface area (Å²) in [5.74, 6) is -0.631. The van der Waals surface area contributed by atoms with Gasteiger partial charge in [-0.2, -0.15) is 0 Å². The highest BCUT2D eigenvalue weighted by Gasteiger charge is 2.26. The first-order valence-electron chi connectivity index (χ1n) is 8.63. The van der Waals surface area contributed by atoms with Crippen molar-refractivity contribution in [2.75, 3.05) is 30.9 Å². The quantitative estimate of drug-likeness (QED) is 0.551. The Kier molecular flexibility index (Phi) is 6.35. The number of aromatic nitrogens is 2. The smallest absolute Gasteiger partial charge is 0.330 e. The lowest BCUT2D eigenvalue weighted by molar-refractivity contribution is 0.0975. The van der Waals surface area contributed by atoms with Crippen LogP contribution < -0.4 is 21.9 Å². The number of hydrogen-bond acceptors (Lipinski definition) is 6. The van der Waals surface area contributed by atoms with Gasteiger partial charge in [-0.1, -0.05) is 30.3 Å². The highest BCUT2D eigenvalue weighted by Crippen LogP contribution is 2.22. The normalized spacial score (nSPS) is 10.8. The first kappa shape index (κ1) is 20.6. The summed E-state index contributed by atoms with van der Waals surface area (Å²) in [5, 5.41) is 0. The summed E-state index contributed by atoms with van der Waals surface area (Å²) in [6, 6.07) is 10.6. The molecule has 1 amide bonds. The molecule has 0 radical (unpaired) electrons. The Morgan fingerprint density at radius 2 is 2.03 bits per heavy atom. The van der Waals surface area contributed by atoms with Crippen LogP contribution in [0.15, 0.2) is 61.3 Å². The maximum atomic E-state index is 13.0. The minimum atomic E-state index is -0.760. The molecule has 3 aromatic rings. The largest absolute Gasteiger partial charge is 0.457 e. The van der Waals surface area contributed by atoms with Crippen molar-refractivity contribution in [2.24, 2.45) is 0 Å². The van der Waals surface area contributed by atoms with Gasteiger partial charge in [0.1, 0.15) is 12.1 Å². The van der Waals surface area contributed by atoms with E-state index in [0.717, 1.165) is 5.56 Å². The summed E-state index contributed by atoms with van der Waals surface area (Å²) in [4.78, 5) is 41.4. The van der Waals surface area contributed by atoms with E-state index in [9.17, 15) is 14.4 Å². The summed E-state index contributed by atoms with van der Waals surface area (Å²) < 4.78 is 11.8. The topological polar surface area (TPSA) is 124 Å². The third kappa shape index (κ3) is 4.49. The average Bonchev–Trinajstić information content (AvgIpc) is 3.14. The molecule has 0 unspecified atom stereocenters. The number of furan rings is 1. The van der Waals surface area contributed by atoms with E-state index in [-0.39, 0.29) is 36.8 Å². The van der Waals surface area contributed by atoms with Crippen molar-refractivity contribution in [1.82, 2.24) is 9.55 Å². The molecular formula is C19H19BrN4O5. The number of ether oxygens (including phenoxy) is 1. The van der Waals surface area contributed by atoms with Crippen LogP contribution in [0.4, 0.5) is 11.5 Å². The fourth-order valence-corrected chi connectivity index (χ4v) is 3.18. The Balaban J connectivity index is 2.09. The van der Waals surface area contributed by atoms with Crippen molar-refractivity contribution in [3.8, 4) is 0 Å². The number of halogens is 1. The summed E-state index contributed by atoms with van der Waals surface area (Å²) in [6.45, 7) is 0.343. The zero-order valence-electron chi connectivity index (χ0n) is 15.6. The number of amides is 1. The minimum absolute atomic E-state index is 0.0505. The molecule has 29 heavy (non-hydrogen) atoms. The van der Waals surface area contributed by atoms with Crippen LogP contribution in [0.5, 0.6) is 0 Å². The number of nitrogens with two attached hydrogens (primary N) is 1. The average molecular weight is 463 g/mol. The minimum Gasteiger partial charge on any atom is -0.457 e. The molecule has 3 rings (SSSR count). The fourth-order valence-electron chi connectivity index (χ4n) is 2.84. The van der Waals surface area contributed by atoms with Crippen LogP contribution in [0, 0.1) is 0 Å². The molecule has 10 heteroatoms. The number of carbonyl (C=O) groups excluding carboxylic acids is 1. The number of benzene rings is 1. The summed E-state index contributed by atoms with van der Waals surface area (Å²) in [7, 11) is 1.47. The lowest BCUT2D eigenvalue weighted by atomic mass is 10.2. The number of carbonyl (C=O) groups is 1. The van der Waals surface area contributed by atoms with E-state index in [1.807, 2.05) is 30.3 Å². The second-order valence-electron chi connectivity index (χ2n) is 6.15. The molecule has 0 saturated carbocycles. The maximum Gasteiger partial charge on any atom is 0.330 e. The monoisotopic (exact) mass is 462 g/mol. The molecule has 2 heterocycles. The number of nitrogen functional groups attached to an aromatic ring is 1. The molecular weight excluding hydrogens is 444 g/mol. The third-order valence-corrected chi connectivity index (χ3v) is 4.66. The van der Waals surface area contributed by atoms with Gasteiger partial charge in [-0.25, -0.2) is 4.79 Å². The molecule has 0 saturated heterocycles. The van der Waals surface area contributed by atoms with Gasteiger partial charge in [0.15, 0.2) is 10.4 Å². The van der Waals surface area contributed by atoms with E-state index in [4.69, 9.17) is 14.9 Å². The molecule has 1 aromatic carbocycles. The second kappa shape index (κ2) is 8.93. The predicted octanol–water partition coefficient (Wildman–Crippen LogP) is 1.82. The van der Waals surface area contributed by atoms with Crippen molar-refractivity contribution in [2.45, 2.75) is 6.54 Å². The molecule has 9 nitrogen and oxygen atoms in total. The van der Waals surface area contributed by atoms with Gasteiger partial charge in [0.05, 0.1) is 18.7 Å². The van der Waals surface area contributed by atoms with Crippen molar-refractivity contribution in [1.29, 1.82) is 0 Å². The summed E-state index contributed by atoms with van der Waals surface area (Å²) in [6.07, 6.45) is 1.26. The van der Waals surface area contributed by atoms with Gasteiger partial charge in [0.25, 0.3) is 11.5 Å². The van der Waals surface area contributed by atoms with Crippen molar-refractivity contribution < 1.29 is 13.9 Å². The van der Waals surface area contributed by atoms with Gasteiger partial charge in [0, 0.05) is 19.7 Å². The van der Waals surface area contributed by atoms with Crippen molar-refractivity contribution in [3.05, 3.63) is 79.3 Å². The van der Waals surface area contributed by atoms with Gasteiger partial charge in [-0.3, -0.25) is 24.0 Å². The lowest BCUT2D eigenvalue weighted by Crippen LogP contribution is -2.42. The SMILES string of the molecule is COCCN(C(=O)c1coc(Br)c1)c1c(N)n(Cc2ccccc2)c(=O)[nH]c1=O. The van der Waals surface area contributed by atoms with E-state index < -0.39 is 17.2 Å². The Bertz CT molecular complexity index is 1120. The Morgan fingerprint density at radius 1 is 1.31 bits per heavy atom. The fraction of sp³-hybridized carbons (Fsp3) is 0.211. The summed E-state index contributed by atoms with van der Waals surface area (Å²) >= 11 is 3.15. The number of H-pyrrole nitrogens is 1. The van der Waals surface area contributed by atoms with E-state index >= 15 is 0 Å². The van der Waals surface area contributed by atoms with Crippen LogP contribution in [0.25, 0.3) is 0 Å². The molecule has 0 aliphatic heterocycles. The van der Waals surface area contributed by atoms with Gasteiger partial charge in [-0.15, -0.1) is 0 Å². The molecule has 0 bridgehead atoms. The second-order valence-corrected chi connectivity index (χ2v) is 6.94. The van der Waals surface area contributed by atoms with Crippen molar-refractivity contribution >= 4 is 33.3 Å². The van der Waals surface area contributed by atoms with Crippen LogP contribution in [0.3, 0.4) is 0 Å². The maximum absolute atomic E-state index is 13.0. The standard InChI is InChI=1S/C19H19BrN4O5/c1-28-8-7-23(18(26)13-9-14(20)29-11-13)15-16(21)24(19(27)22-17(15)25)10-12-5-3-2-4-6-12/h2-6,9,11H,7-8,10,21H2,1H3,(H,22,25,27). The lowest BCUT2D eigenvalue weighted by Gasteiger charge is -2.23. The molecule has 152 valence electrons. The first-order chi connectivity index (χ1) is 13.9. The Morgan fingerprint density at radius 3 is 2.66 bits per heavy atom. The number of anilines is 2. The van der Waals surface area contributed by atoms with Gasteiger partial charge in [0.2, 0.25) is 0 Å². The van der Waals surface area contributed by atoms with E-state index in [2.05, 4.69) is 20.9 Å². The van der Waals surface area contributed by atoms with Crippen molar-refractivity contribution in [3.63, 3.8) is 0 Å².